The molecule has 578 valence electrons. The second-order valence-electron chi connectivity index (χ2n) is 30.2. The minimum atomic E-state index is -2.36. The molecule has 0 amide bonds. The minimum Gasteiger partial charge on any atom is -0.319 e. The van der Waals surface area contributed by atoms with Crippen LogP contribution >= 0.6 is 0 Å². The Morgan fingerprint density at radius 3 is 1.04 bits per heavy atom. The monoisotopic (exact) mass is 1890 g/mol. The van der Waals surface area contributed by atoms with Crippen LogP contribution in [0.3, 0.4) is 0 Å². The quantitative estimate of drug-likeness (QED) is 0.0759. The first-order valence-corrected chi connectivity index (χ1v) is 39.7. The van der Waals surface area contributed by atoms with E-state index in [1.54, 1.807) is 6.33 Å². The molecule has 15 aromatic carbocycles. The summed E-state index contributed by atoms with van der Waals surface area (Å²) in [5.74, 6) is 1.66. The Morgan fingerprint density at radius 2 is 0.630 bits per heavy atom. The second kappa shape index (κ2) is 32.2. The first-order valence-electron chi connectivity index (χ1n) is 41.2. The molecule has 0 bridgehead atoms. The number of nitrogens with zero attached hydrogens (tertiary/aromatic N) is 8. The number of benzene rings is 15. The molecule has 8 nitrogen and oxygen atoms in total. The Hall–Kier alpha value is -13.5. The Balaban J connectivity index is 0.000000164. The van der Waals surface area contributed by atoms with Crippen LogP contribution in [0.4, 0.5) is 0 Å². The molecule has 0 atom stereocenters. The van der Waals surface area contributed by atoms with Crippen molar-refractivity contribution in [1.29, 1.82) is 0 Å². The molecule has 21 aromatic rings. The van der Waals surface area contributed by atoms with Crippen LogP contribution < -0.4 is 0 Å². The van der Waals surface area contributed by atoms with E-state index in [-0.39, 0.29) is 42.1 Å². The van der Waals surface area contributed by atoms with Gasteiger partial charge in [-0.25, -0.2) is 23.7 Å². The van der Waals surface area contributed by atoms with Crippen LogP contribution in [0.15, 0.2) is 395 Å². The minimum absolute atomic E-state index is 0. The molecule has 0 spiro atoms. The number of pyridine rings is 2. The predicted molar refractivity (Wildman–Crippen MR) is 480 cm³/mol. The van der Waals surface area contributed by atoms with Crippen molar-refractivity contribution in [3.63, 3.8) is 0 Å². The van der Waals surface area contributed by atoms with Gasteiger partial charge >= 0.3 is 0 Å². The van der Waals surface area contributed by atoms with Crippen LogP contribution in [0, 0.1) is 52.0 Å². The number of hydrogen-bond donors (Lipinski definition) is 0. The SMILES string of the molecule is Cc1cccc(C)c1-c1ccnc(-n2c3[c-]c(C(c4[c-]c(-n5[cH+]n(-c6ccccc6)c6ccccc65)ccc4)(c4ccccc4)c4ccccc4)ccc3c3ccccc32)c1.[2H]C([2H])([2H])n1[cH+]n(-c2[c-]c(C(c3[c-]c4c(cc3)c3ccccc3n4-c3cc(-c4c(C)cccc4C)ccn3)(c3ccccc3)c3ccccc3)ccc2)c2ccccc21.[Pt].[Pt]. The molecule has 0 saturated carbocycles. The third-order valence-electron chi connectivity index (χ3n) is 23.5. The van der Waals surface area contributed by atoms with E-state index in [1.807, 2.05) is 65.5 Å². The average molecular weight is 1900 g/mol. The number of hydrogen-bond acceptors (Lipinski definition) is 2. The van der Waals surface area contributed by atoms with Gasteiger partial charge in [0.15, 0.2) is 34.7 Å². The van der Waals surface area contributed by atoms with Gasteiger partial charge in [-0.3, -0.25) is 0 Å². The van der Waals surface area contributed by atoms with Crippen molar-refractivity contribution in [2.24, 2.45) is 6.98 Å². The Morgan fingerprint density at radius 1 is 0.294 bits per heavy atom. The molecule has 0 aliphatic heterocycles. The predicted octanol–water partition coefficient (Wildman–Crippen LogP) is 25.5. The zero-order valence-electron chi connectivity index (χ0n) is 68.7. The Bertz CT molecular complexity index is 7340. The summed E-state index contributed by atoms with van der Waals surface area (Å²) in [4.78, 5) is 10.1. The van der Waals surface area contributed by atoms with Gasteiger partial charge in [0.1, 0.15) is 17.3 Å². The fourth-order valence-electron chi connectivity index (χ4n) is 18.3. The normalized spacial score (nSPS) is 12.1. The van der Waals surface area contributed by atoms with Crippen molar-refractivity contribution in [3.05, 3.63) is 486 Å². The molecule has 21 rings (SSSR count). The zero-order valence-corrected chi connectivity index (χ0v) is 70.3. The van der Waals surface area contributed by atoms with E-state index in [2.05, 4.69) is 398 Å². The van der Waals surface area contributed by atoms with Crippen molar-refractivity contribution in [2.75, 3.05) is 0 Å². The standard InChI is InChI=1S/C57H41N4.C52H39N4.2Pt/c1-40-18-16-19-41(2)56(40)42-34-35-58-55(36-42)61-51-29-13-12-28-49(51)50-33-32-46(38-54(50)61)57(43-20-6-3-7-21-43,44-22-8-4-9-23-44)45-24-17-27-48(37-45)60-39-59(47-25-10-5-11-26-47)52-30-14-15-31-53(52)60;1-36-16-14-17-37(2)51(36)38-30-31-53-50(32-38)56-46-25-11-10-24-44(46)45-29-28-42(34-49(45)56)52(39-18-6-4-7-19-39,40-20-8-5-9-21-40)41-22-15-23-43(33-41)55-35-54(3)47-26-12-13-27-48(47)55;;/h3-36,39H,1-2H3;4-32,35H,1-3H3;;/q2*-1;;/i;3D3;;. The van der Waals surface area contributed by atoms with Gasteiger partial charge in [0, 0.05) is 123 Å². The van der Waals surface area contributed by atoms with E-state index < -0.39 is 17.8 Å². The third kappa shape index (κ3) is 13.2. The van der Waals surface area contributed by atoms with Crippen LogP contribution in [0.1, 0.15) is 70.9 Å². The number of aromatic nitrogens is 8. The Kier molecular flexibility index (Phi) is 19.8. The molecule has 0 saturated heterocycles. The second-order valence-corrected chi connectivity index (χ2v) is 30.2. The number of rotatable bonds is 15. The number of para-hydroxylation sites is 7. The Labute approximate surface area is 726 Å². The van der Waals surface area contributed by atoms with Gasteiger partial charge in [-0.05, 0) is 166 Å². The molecule has 0 aliphatic rings. The van der Waals surface area contributed by atoms with E-state index in [1.165, 1.54) is 37.9 Å². The van der Waals surface area contributed by atoms with Gasteiger partial charge < -0.3 is 9.13 Å². The maximum atomic E-state index is 8.33. The summed E-state index contributed by atoms with van der Waals surface area (Å²) in [6.45, 7) is 6.32. The fraction of sp³-hybridized carbons (Fsp3) is 0.0642. The molecule has 0 radical (unpaired) electrons. The van der Waals surface area contributed by atoms with Gasteiger partial charge in [-0.1, -0.05) is 242 Å². The van der Waals surface area contributed by atoms with Crippen molar-refractivity contribution in [2.45, 2.75) is 38.5 Å². The summed E-state index contributed by atoms with van der Waals surface area (Å²) in [5.41, 5.74) is 26.5. The van der Waals surface area contributed by atoms with Crippen molar-refractivity contribution < 1.29 is 46.2 Å². The van der Waals surface area contributed by atoms with E-state index in [0.29, 0.717) is 5.52 Å². The van der Waals surface area contributed by atoms with Crippen molar-refractivity contribution >= 4 is 65.7 Å². The molecule has 6 heterocycles. The maximum absolute atomic E-state index is 8.33. The molecule has 0 fully saturated rings. The molecule has 119 heavy (non-hydrogen) atoms. The molecule has 6 aromatic heterocycles. The molecular weight excluding hydrogens is 1810 g/mol. The van der Waals surface area contributed by atoms with Gasteiger partial charge in [0.05, 0.1) is 0 Å². The van der Waals surface area contributed by atoms with Crippen LogP contribution in [0.25, 0.3) is 117 Å². The maximum Gasteiger partial charge on any atom is 0.188 e. The fourth-order valence-corrected chi connectivity index (χ4v) is 18.3. The number of aryl methyl sites for hydroxylation is 5. The summed E-state index contributed by atoms with van der Waals surface area (Å²) in [5, 5.41) is 4.47. The summed E-state index contributed by atoms with van der Waals surface area (Å²) >= 11 is 0. The van der Waals surface area contributed by atoms with E-state index in [4.69, 9.17) is 14.1 Å². The molecule has 0 unspecified atom stereocenters. The largest absolute Gasteiger partial charge is 0.319 e. The summed E-state index contributed by atoms with van der Waals surface area (Å²) in [7, 11) is 0. The first kappa shape index (κ1) is 73.2. The summed E-state index contributed by atoms with van der Waals surface area (Å²) < 4.78 is 37.3. The van der Waals surface area contributed by atoms with Gasteiger partial charge in [0.25, 0.3) is 0 Å². The number of fused-ring (bicyclic) bond motifs is 8. The number of imidazole rings is 2. The summed E-state index contributed by atoms with van der Waals surface area (Å²) in [6.07, 6.45) is 7.68. The summed E-state index contributed by atoms with van der Waals surface area (Å²) in [6, 6.07) is 146. The smallest absolute Gasteiger partial charge is 0.188 e. The van der Waals surface area contributed by atoms with Crippen LogP contribution in [0.2, 0.25) is 0 Å². The van der Waals surface area contributed by atoms with E-state index >= 15 is 0 Å². The first-order chi connectivity index (χ1) is 58.8. The van der Waals surface area contributed by atoms with E-state index in [9.17, 15) is 0 Å². The average Bonchev–Trinajstić information content (AvgIpc) is 0.963. The molecule has 0 N–H and O–H groups in total. The van der Waals surface area contributed by atoms with Crippen molar-refractivity contribution in [1.82, 2.24) is 37.4 Å². The van der Waals surface area contributed by atoms with Crippen LogP contribution in [0.5, 0.6) is 0 Å². The van der Waals surface area contributed by atoms with Crippen molar-refractivity contribution in [3.8, 4) is 51.0 Å². The zero-order chi connectivity index (χ0) is 81.2. The van der Waals surface area contributed by atoms with Gasteiger partial charge in [0.2, 0.25) is 0 Å². The third-order valence-corrected chi connectivity index (χ3v) is 23.5. The molecule has 0 aliphatic carbocycles. The van der Waals surface area contributed by atoms with Crippen LogP contribution in [-0.2, 0) is 59.9 Å². The molecule has 10 heteroatoms. The van der Waals surface area contributed by atoms with E-state index in [0.717, 1.165) is 144 Å². The van der Waals surface area contributed by atoms with Gasteiger partial charge in [-0.2, -0.15) is 65.2 Å². The van der Waals surface area contributed by atoms with Gasteiger partial charge in [-0.15, -0.1) is 51.2 Å². The molecular formula is C109H80N8Pt2-2. The van der Waals surface area contributed by atoms with Crippen LogP contribution in [-0.4, -0.2) is 37.4 Å². The topological polar surface area (TPSA) is 55.4 Å².